The second kappa shape index (κ2) is 11.3. The molecule has 7 nitrogen and oxygen atoms in total. The Balaban J connectivity index is 0. The number of aliphatic hydroxyl groups is 3. The molecule has 0 heterocycles. The minimum atomic E-state index is -3.37. The van der Waals surface area contributed by atoms with Crippen LogP contribution < -0.4 is 0 Å². The van der Waals surface area contributed by atoms with Gasteiger partial charge in [-0.15, -0.1) is 0 Å². The van der Waals surface area contributed by atoms with E-state index in [4.69, 9.17) is 20.6 Å². The number of hydrogen-bond donors (Lipinski definition) is 5. The third kappa shape index (κ3) is 8.96. The average molecular weight is 340 g/mol. The van der Waals surface area contributed by atoms with Gasteiger partial charge in [0, 0.05) is 5.41 Å². The van der Waals surface area contributed by atoms with Crippen molar-refractivity contribution < 1.29 is 25.1 Å². The van der Waals surface area contributed by atoms with Crippen LogP contribution in [0, 0.1) is 16.7 Å². The summed E-state index contributed by atoms with van der Waals surface area (Å²) in [6.45, 7) is 8.79. The normalized spacial score (nSPS) is 13.1. The first-order valence-electron chi connectivity index (χ1n) is 7.44. The molecule has 0 unspecified atom stereocenters. The summed E-state index contributed by atoms with van der Waals surface area (Å²) in [5.74, 6) is 0. The Morgan fingerprint density at radius 2 is 1.36 bits per heavy atom. The van der Waals surface area contributed by atoms with Gasteiger partial charge in [0.15, 0.2) is 0 Å². The molecule has 0 spiro atoms. The Hall–Kier alpha value is -0.320. The van der Waals surface area contributed by atoms with Crippen molar-refractivity contribution in [3.05, 3.63) is 0 Å². The molecular formula is C14H33N2O5P. The van der Waals surface area contributed by atoms with Crippen LogP contribution in [-0.4, -0.2) is 67.8 Å². The maximum Gasteiger partial charge on any atom is 0.0528 e. The predicted octanol–water partition coefficient (Wildman–Crippen LogP) is 0.468. The summed E-state index contributed by atoms with van der Waals surface area (Å²) >= 11 is 0. The van der Waals surface area contributed by atoms with Crippen LogP contribution in [-0.2, 0) is 0 Å². The van der Waals surface area contributed by atoms with Gasteiger partial charge in [0.2, 0.25) is 0 Å². The average Bonchev–Trinajstić information content (AvgIpc) is 2.43. The first-order valence-corrected chi connectivity index (χ1v) is 9.49. The Morgan fingerprint density at radius 1 is 1.00 bits per heavy atom. The summed E-state index contributed by atoms with van der Waals surface area (Å²) in [6.07, 6.45) is 0.398. The molecule has 0 saturated heterocycles. The third-order valence-corrected chi connectivity index (χ3v) is 6.02. The first-order chi connectivity index (χ1) is 10.0. The second-order valence-electron chi connectivity index (χ2n) is 6.31. The summed E-state index contributed by atoms with van der Waals surface area (Å²) in [7, 11) is -3.37. The second-order valence-corrected chi connectivity index (χ2v) is 8.88. The van der Waals surface area contributed by atoms with Gasteiger partial charge in [-0.3, -0.25) is 0 Å². The Labute approximate surface area is 134 Å². The van der Waals surface area contributed by atoms with Crippen molar-refractivity contribution in [1.29, 1.82) is 5.26 Å². The van der Waals surface area contributed by atoms with Crippen LogP contribution in [0.3, 0.4) is 0 Å². The Bertz CT molecular complexity index is 311. The summed E-state index contributed by atoms with van der Waals surface area (Å²) < 4.78 is 1.73. The van der Waals surface area contributed by atoms with Crippen LogP contribution in [0.25, 0.3) is 0 Å². The van der Waals surface area contributed by atoms with E-state index in [0.717, 1.165) is 0 Å². The third-order valence-electron chi connectivity index (χ3n) is 3.24. The zero-order chi connectivity index (χ0) is 18.0. The molecule has 0 aromatic carbocycles. The van der Waals surface area contributed by atoms with Crippen LogP contribution in [0.4, 0.5) is 0 Å². The molecule has 0 amide bonds. The van der Waals surface area contributed by atoms with E-state index in [0.29, 0.717) is 0 Å². The molecular weight excluding hydrogens is 307 g/mol. The Kier molecular flexibility index (Phi) is 12.2. The summed E-state index contributed by atoms with van der Waals surface area (Å²) in [5.41, 5.74) is -0.708. The van der Waals surface area contributed by atoms with Gasteiger partial charge in [-0.2, -0.15) is 0 Å². The largest absolute Gasteiger partial charge is 0.396 e. The number of nitrogens with zero attached hydrogens (tertiary/aromatic N) is 2. The van der Waals surface area contributed by atoms with Gasteiger partial charge in [-0.1, -0.05) is 6.92 Å². The van der Waals surface area contributed by atoms with Crippen LogP contribution >= 0.6 is 7.87 Å². The maximum atomic E-state index is 9.92. The van der Waals surface area contributed by atoms with Crippen molar-refractivity contribution in [2.75, 3.05) is 26.0 Å². The van der Waals surface area contributed by atoms with E-state index in [1.165, 1.54) is 0 Å². The van der Waals surface area contributed by atoms with Crippen LogP contribution in [0.5, 0.6) is 0 Å². The van der Waals surface area contributed by atoms with E-state index >= 15 is 0 Å². The van der Waals surface area contributed by atoms with Crippen molar-refractivity contribution in [3.63, 3.8) is 0 Å². The molecule has 0 fully saturated rings. The number of aliphatic hydroxyl groups excluding tert-OH is 3. The molecule has 0 aliphatic rings. The van der Waals surface area contributed by atoms with Crippen LogP contribution in [0.1, 0.15) is 41.0 Å². The van der Waals surface area contributed by atoms with Gasteiger partial charge in [0.1, 0.15) is 0 Å². The topological polar surface area (TPSA) is 128 Å². The SMILES string of the molecule is CC(C)N(C(C)C)[PH](O)(O)CCC#N.CC(CO)(CO)CO. The smallest absolute Gasteiger partial charge is 0.0528 e. The van der Waals surface area contributed by atoms with E-state index in [2.05, 4.69) is 0 Å². The molecule has 0 saturated carbocycles. The zero-order valence-electron chi connectivity index (χ0n) is 14.3. The van der Waals surface area contributed by atoms with E-state index in [1.54, 1.807) is 11.6 Å². The fourth-order valence-corrected chi connectivity index (χ4v) is 4.29. The molecule has 0 rings (SSSR count). The molecule has 0 aliphatic carbocycles. The molecule has 5 N–H and O–H groups in total. The number of nitriles is 1. The van der Waals surface area contributed by atoms with Crippen molar-refractivity contribution in [3.8, 4) is 6.07 Å². The van der Waals surface area contributed by atoms with Crippen molar-refractivity contribution in [2.24, 2.45) is 5.41 Å². The maximum absolute atomic E-state index is 9.92. The molecule has 0 aromatic heterocycles. The summed E-state index contributed by atoms with van der Waals surface area (Å²) in [4.78, 5) is 19.8. The minimum absolute atomic E-state index is 0.0929. The summed E-state index contributed by atoms with van der Waals surface area (Å²) in [5, 5.41) is 33.8. The van der Waals surface area contributed by atoms with Gasteiger partial charge < -0.3 is 15.3 Å². The molecule has 22 heavy (non-hydrogen) atoms. The molecule has 0 aliphatic heterocycles. The fourth-order valence-electron chi connectivity index (χ4n) is 1.93. The Morgan fingerprint density at radius 3 is 1.55 bits per heavy atom. The predicted molar refractivity (Wildman–Crippen MR) is 89.3 cm³/mol. The quantitative estimate of drug-likeness (QED) is 0.406. The zero-order valence-corrected chi connectivity index (χ0v) is 15.3. The minimum Gasteiger partial charge on any atom is -0.396 e. The molecule has 0 aromatic rings. The monoisotopic (exact) mass is 340 g/mol. The number of hydrogen-bond acceptors (Lipinski definition) is 7. The molecule has 0 radical (unpaired) electrons. The van der Waals surface area contributed by atoms with E-state index in [-0.39, 0.29) is 44.5 Å². The van der Waals surface area contributed by atoms with E-state index in [1.807, 2.05) is 33.8 Å². The van der Waals surface area contributed by atoms with Crippen LogP contribution in [0.2, 0.25) is 0 Å². The van der Waals surface area contributed by atoms with E-state index in [9.17, 15) is 9.79 Å². The van der Waals surface area contributed by atoms with Crippen molar-refractivity contribution in [2.45, 2.75) is 53.1 Å². The molecule has 0 atom stereocenters. The molecule has 8 heteroatoms. The molecule has 0 bridgehead atoms. The standard InChI is InChI=1S/C9H21N2O2P.C5H12O3/c1-8(2)11(9(3)4)14(12,13)7-5-6-10;1-5(2-6,3-7)4-8/h8-9,12-14H,5,7H2,1-4H3;6-8H,2-4H2,1H3. The van der Waals surface area contributed by atoms with Gasteiger partial charge in [0.05, 0.1) is 19.8 Å². The van der Waals surface area contributed by atoms with Crippen molar-refractivity contribution in [1.82, 2.24) is 4.67 Å². The van der Waals surface area contributed by atoms with Gasteiger partial charge in [-0.05, 0) is 0 Å². The van der Waals surface area contributed by atoms with Crippen LogP contribution in [0.15, 0.2) is 0 Å². The van der Waals surface area contributed by atoms with Crippen molar-refractivity contribution >= 4 is 7.87 Å². The van der Waals surface area contributed by atoms with E-state index < -0.39 is 13.3 Å². The van der Waals surface area contributed by atoms with Gasteiger partial charge in [-0.25, -0.2) is 0 Å². The molecule has 134 valence electrons. The number of rotatable bonds is 8. The van der Waals surface area contributed by atoms with Gasteiger partial charge in [0.25, 0.3) is 0 Å². The summed E-state index contributed by atoms with van der Waals surface area (Å²) in [6, 6.07) is 2.13. The first kappa shape index (κ1) is 23.9. The fraction of sp³-hybridized carbons (Fsp3) is 0.929. The van der Waals surface area contributed by atoms with Gasteiger partial charge >= 0.3 is 86.0 Å².